The van der Waals surface area contributed by atoms with Gasteiger partial charge in [0.15, 0.2) is 5.65 Å². The Morgan fingerprint density at radius 1 is 1.23 bits per heavy atom. The summed E-state index contributed by atoms with van der Waals surface area (Å²) in [5.74, 6) is -0.940. The van der Waals surface area contributed by atoms with Gasteiger partial charge in [-0.15, -0.1) is 0 Å². The largest absolute Gasteiger partial charge is 0.449 e. The van der Waals surface area contributed by atoms with Crippen LogP contribution in [0.5, 0.6) is 0 Å². The fourth-order valence-corrected chi connectivity index (χ4v) is 3.97. The van der Waals surface area contributed by atoms with Gasteiger partial charge in [0, 0.05) is 35.5 Å². The third-order valence-corrected chi connectivity index (χ3v) is 6.12. The number of halogens is 4. The minimum atomic E-state index is -4.57. The fraction of sp³-hybridized carbons (Fsp3) is 0.350. The summed E-state index contributed by atoms with van der Waals surface area (Å²) in [7, 11) is 0. The van der Waals surface area contributed by atoms with Gasteiger partial charge in [-0.25, -0.2) is 14.8 Å². The molecule has 0 saturated carbocycles. The highest BCUT2D eigenvalue weighted by Gasteiger charge is 2.40. The number of alkyl halides is 3. The standard InChI is InChI=1S/C20H19BrF3N5O/c1-12-11-13(4-5-15(12)21)26-19(30)28-9-6-14(7-10-28)29-17-16(3-2-8-25-17)27-18(29)20(22,23)24/h2-5,8,11,14H,6-7,9-10H2,1H3,(H,26,30). The van der Waals surface area contributed by atoms with Crippen molar-refractivity contribution >= 4 is 38.8 Å². The number of amides is 2. The SMILES string of the molecule is Cc1cc(NC(=O)N2CCC(n3c(C(F)(F)F)nc4cccnc43)CC2)ccc1Br. The summed E-state index contributed by atoms with van der Waals surface area (Å²) >= 11 is 3.42. The van der Waals surface area contributed by atoms with Crippen molar-refractivity contribution in [1.82, 2.24) is 19.4 Å². The van der Waals surface area contributed by atoms with Crippen LogP contribution < -0.4 is 5.32 Å². The summed E-state index contributed by atoms with van der Waals surface area (Å²) < 4.78 is 42.8. The van der Waals surface area contributed by atoms with Gasteiger partial charge >= 0.3 is 12.2 Å². The maximum Gasteiger partial charge on any atom is 0.449 e. The van der Waals surface area contributed by atoms with E-state index in [1.165, 1.54) is 16.8 Å². The van der Waals surface area contributed by atoms with Crippen molar-refractivity contribution in [3.8, 4) is 0 Å². The summed E-state index contributed by atoms with van der Waals surface area (Å²) in [6, 6.07) is 7.90. The zero-order chi connectivity index (χ0) is 21.5. The second-order valence-electron chi connectivity index (χ2n) is 7.26. The molecule has 1 aliphatic rings. The molecular weight excluding hydrogens is 463 g/mol. The normalized spacial score (nSPS) is 15.6. The Morgan fingerprint density at radius 2 is 1.97 bits per heavy atom. The molecule has 158 valence electrons. The molecule has 1 fully saturated rings. The van der Waals surface area contributed by atoms with E-state index in [2.05, 4.69) is 31.2 Å². The number of carbonyl (C=O) groups excluding carboxylic acids is 1. The third-order valence-electron chi connectivity index (χ3n) is 5.23. The first kappa shape index (κ1) is 20.6. The molecule has 0 atom stereocenters. The maximum absolute atomic E-state index is 13.6. The van der Waals surface area contributed by atoms with Gasteiger partial charge in [0.2, 0.25) is 5.82 Å². The number of carbonyl (C=O) groups is 1. The lowest BCUT2D eigenvalue weighted by molar-refractivity contribution is -0.147. The Morgan fingerprint density at radius 3 is 2.63 bits per heavy atom. The lowest BCUT2D eigenvalue weighted by atomic mass is 10.0. The molecule has 3 aromatic rings. The number of nitrogens with zero attached hydrogens (tertiary/aromatic N) is 4. The van der Waals surface area contributed by atoms with Gasteiger partial charge < -0.3 is 14.8 Å². The van der Waals surface area contributed by atoms with Crippen molar-refractivity contribution in [3.63, 3.8) is 0 Å². The molecule has 1 N–H and O–H groups in total. The molecule has 2 amide bonds. The van der Waals surface area contributed by atoms with Crippen LogP contribution in [0, 0.1) is 6.92 Å². The van der Waals surface area contributed by atoms with Crippen molar-refractivity contribution in [1.29, 1.82) is 0 Å². The molecule has 1 saturated heterocycles. The lowest BCUT2D eigenvalue weighted by Gasteiger charge is -2.33. The topological polar surface area (TPSA) is 63.1 Å². The van der Waals surface area contributed by atoms with Crippen LogP contribution in [0.1, 0.15) is 30.3 Å². The number of fused-ring (bicyclic) bond motifs is 1. The number of pyridine rings is 1. The fourth-order valence-electron chi connectivity index (χ4n) is 3.73. The number of aromatic nitrogens is 3. The van der Waals surface area contributed by atoms with Gasteiger partial charge in [0.25, 0.3) is 0 Å². The monoisotopic (exact) mass is 481 g/mol. The molecule has 6 nitrogen and oxygen atoms in total. The molecular formula is C20H19BrF3N5O. The van der Waals surface area contributed by atoms with E-state index in [9.17, 15) is 18.0 Å². The molecule has 10 heteroatoms. The van der Waals surface area contributed by atoms with Crippen LogP contribution in [0.15, 0.2) is 41.0 Å². The number of hydrogen-bond acceptors (Lipinski definition) is 3. The van der Waals surface area contributed by atoms with Crippen LogP contribution in [0.25, 0.3) is 11.2 Å². The molecule has 0 bridgehead atoms. The van der Waals surface area contributed by atoms with Crippen molar-refractivity contribution in [3.05, 3.63) is 52.4 Å². The summed E-state index contributed by atoms with van der Waals surface area (Å²) in [5.41, 5.74) is 2.10. The van der Waals surface area contributed by atoms with Gasteiger partial charge in [-0.2, -0.15) is 13.2 Å². The Hall–Kier alpha value is -2.62. The molecule has 1 aromatic carbocycles. The highest BCUT2D eigenvalue weighted by molar-refractivity contribution is 9.10. The van der Waals surface area contributed by atoms with Crippen LogP contribution in [0.4, 0.5) is 23.7 Å². The zero-order valence-corrected chi connectivity index (χ0v) is 17.7. The van der Waals surface area contributed by atoms with E-state index in [0.717, 1.165) is 10.0 Å². The van der Waals surface area contributed by atoms with Crippen molar-refractivity contribution in [2.45, 2.75) is 32.0 Å². The first-order valence-corrected chi connectivity index (χ1v) is 10.3. The van der Waals surface area contributed by atoms with E-state index in [0.29, 0.717) is 31.6 Å². The molecule has 1 aliphatic heterocycles. The highest BCUT2D eigenvalue weighted by atomic mass is 79.9. The summed E-state index contributed by atoms with van der Waals surface area (Å²) in [5, 5.41) is 2.85. The number of likely N-dealkylation sites (tertiary alicyclic amines) is 1. The minimum absolute atomic E-state index is 0.218. The number of imidazole rings is 1. The van der Waals surface area contributed by atoms with E-state index in [4.69, 9.17) is 0 Å². The Bertz CT molecular complexity index is 1090. The van der Waals surface area contributed by atoms with Crippen LogP contribution in [0.2, 0.25) is 0 Å². The number of nitrogens with one attached hydrogen (secondary N) is 1. The summed E-state index contributed by atoms with van der Waals surface area (Å²) in [4.78, 5) is 22.1. The molecule has 4 rings (SSSR count). The van der Waals surface area contributed by atoms with E-state index in [-0.39, 0.29) is 17.2 Å². The number of benzene rings is 1. The Balaban J connectivity index is 1.49. The molecule has 0 spiro atoms. The quantitative estimate of drug-likeness (QED) is 0.533. The molecule has 0 aliphatic carbocycles. The Kier molecular flexibility index (Phi) is 5.44. The summed E-state index contributed by atoms with van der Waals surface area (Å²) in [6.07, 6.45) is -2.34. The van der Waals surface area contributed by atoms with Crippen LogP contribution in [0.3, 0.4) is 0 Å². The van der Waals surface area contributed by atoms with Crippen LogP contribution in [-0.2, 0) is 6.18 Å². The van der Waals surface area contributed by atoms with Crippen molar-refractivity contribution in [2.24, 2.45) is 0 Å². The third kappa shape index (κ3) is 4.00. The number of urea groups is 1. The number of rotatable bonds is 2. The predicted octanol–water partition coefficient (Wildman–Crippen LogP) is 5.39. The first-order valence-electron chi connectivity index (χ1n) is 9.46. The summed E-state index contributed by atoms with van der Waals surface area (Å²) in [6.45, 7) is 2.61. The molecule has 0 unspecified atom stereocenters. The van der Waals surface area contributed by atoms with Crippen LogP contribution >= 0.6 is 15.9 Å². The lowest BCUT2D eigenvalue weighted by Crippen LogP contribution is -2.42. The molecule has 0 radical (unpaired) electrons. The van der Waals surface area contributed by atoms with Gasteiger partial charge in [-0.3, -0.25) is 0 Å². The number of anilines is 1. The molecule has 30 heavy (non-hydrogen) atoms. The number of aryl methyl sites for hydroxylation is 1. The average Bonchev–Trinajstić information content (AvgIpc) is 3.11. The van der Waals surface area contributed by atoms with E-state index < -0.39 is 18.0 Å². The second-order valence-corrected chi connectivity index (χ2v) is 8.12. The molecule has 3 heterocycles. The second kappa shape index (κ2) is 7.90. The van der Waals surface area contributed by atoms with Gasteiger partial charge in [-0.1, -0.05) is 15.9 Å². The zero-order valence-electron chi connectivity index (χ0n) is 16.1. The first-order chi connectivity index (χ1) is 14.2. The highest BCUT2D eigenvalue weighted by Crippen LogP contribution is 2.36. The van der Waals surface area contributed by atoms with E-state index >= 15 is 0 Å². The number of piperidine rings is 1. The van der Waals surface area contributed by atoms with Gasteiger partial charge in [-0.05, 0) is 55.7 Å². The minimum Gasteiger partial charge on any atom is -0.324 e. The smallest absolute Gasteiger partial charge is 0.324 e. The predicted molar refractivity (Wildman–Crippen MR) is 110 cm³/mol. The van der Waals surface area contributed by atoms with E-state index in [1.807, 2.05) is 19.1 Å². The molecule has 2 aromatic heterocycles. The van der Waals surface area contributed by atoms with Gasteiger partial charge in [0.05, 0.1) is 0 Å². The number of hydrogen-bond donors (Lipinski definition) is 1. The van der Waals surface area contributed by atoms with Crippen LogP contribution in [-0.4, -0.2) is 38.6 Å². The maximum atomic E-state index is 13.6. The van der Waals surface area contributed by atoms with E-state index in [1.54, 1.807) is 17.0 Å². The van der Waals surface area contributed by atoms with Gasteiger partial charge in [0.1, 0.15) is 5.52 Å². The Labute approximate surface area is 179 Å². The van der Waals surface area contributed by atoms with Crippen molar-refractivity contribution < 1.29 is 18.0 Å². The van der Waals surface area contributed by atoms with Crippen molar-refractivity contribution in [2.75, 3.05) is 18.4 Å². The average molecular weight is 482 g/mol.